The van der Waals surface area contributed by atoms with E-state index >= 15 is 0 Å². The van der Waals surface area contributed by atoms with Crippen molar-refractivity contribution in [3.05, 3.63) is 24.3 Å². The summed E-state index contributed by atoms with van der Waals surface area (Å²) < 4.78 is 24.6. The maximum absolute atomic E-state index is 11.1. The summed E-state index contributed by atoms with van der Waals surface area (Å²) >= 11 is 0. The first-order valence-electron chi connectivity index (χ1n) is 4.07. The van der Waals surface area contributed by atoms with Gasteiger partial charge in [-0.05, 0) is 19.9 Å². The highest BCUT2D eigenvalue weighted by atomic mass is 32.2. The number of nitrogens with one attached hydrogen (secondary N) is 1. The minimum Gasteiger partial charge on any atom is -0.245 e. The van der Waals surface area contributed by atoms with Gasteiger partial charge in [-0.1, -0.05) is 0 Å². The van der Waals surface area contributed by atoms with Gasteiger partial charge in [-0.25, -0.2) is 23.1 Å². The fourth-order valence-electron chi connectivity index (χ4n) is 1.18. The van der Waals surface area contributed by atoms with Crippen molar-refractivity contribution < 1.29 is 8.42 Å². The number of nitrogens with zero attached hydrogens (tertiary/aromatic N) is 2. The fraction of sp³-hybridized carbons (Fsp3) is 0.500. The molecule has 0 atom stereocenters. The summed E-state index contributed by atoms with van der Waals surface area (Å²) in [5, 5.41) is 0. The molecule has 1 aromatic heterocycles. The summed E-state index contributed by atoms with van der Waals surface area (Å²) in [7, 11) is -3.24. The zero-order valence-electron chi connectivity index (χ0n) is 8.35. The third-order valence-electron chi connectivity index (χ3n) is 1.66. The van der Waals surface area contributed by atoms with Crippen LogP contribution in [-0.4, -0.2) is 24.6 Å². The van der Waals surface area contributed by atoms with E-state index in [9.17, 15) is 8.42 Å². The average Bonchev–Trinajstić information content (AvgIpc) is 2.01. The van der Waals surface area contributed by atoms with Crippen molar-refractivity contribution in [1.82, 2.24) is 14.7 Å². The Labute approximate surface area is 83.6 Å². The molecule has 0 unspecified atom stereocenters. The third kappa shape index (κ3) is 3.04. The van der Waals surface area contributed by atoms with E-state index in [0.29, 0.717) is 5.69 Å². The van der Waals surface area contributed by atoms with Gasteiger partial charge in [0.05, 0.1) is 17.5 Å². The van der Waals surface area contributed by atoms with Crippen LogP contribution in [0.1, 0.15) is 19.5 Å². The summed E-state index contributed by atoms with van der Waals surface area (Å²) in [6.45, 7) is 3.49. The lowest BCUT2D eigenvalue weighted by Crippen LogP contribution is -2.40. The Morgan fingerprint density at radius 3 is 2.50 bits per heavy atom. The maximum atomic E-state index is 11.1. The topological polar surface area (TPSA) is 72.0 Å². The minimum absolute atomic E-state index is 0.637. The first-order chi connectivity index (χ1) is 6.31. The van der Waals surface area contributed by atoms with Crippen LogP contribution in [0, 0.1) is 0 Å². The molecule has 0 bridgehead atoms. The summed E-state index contributed by atoms with van der Waals surface area (Å²) in [5.41, 5.74) is -0.0748. The molecule has 1 rings (SSSR count). The van der Waals surface area contributed by atoms with Crippen molar-refractivity contribution in [2.75, 3.05) is 6.26 Å². The standard InChI is InChI=1S/C8H13N3O2S/c1-8(2,11-14(3,12)13)7-4-5-9-6-10-7/h4-6,11H,1-3H3. The van der Waals surface area contributed by atoms with Crippen LogP contribution in [0.5, 0.6) is 0 Å². The molecule has 0 aliphatic heterocycles. The molecule has 5 nitrogen and oxygen atoms in total. The van der Waals surface area contributed by atoms with Crippen molar-refractivity contribution in [2.24, 2.45) is 0 Å². The number of aromatic nitrogens is 2. The molecule has 78 valence electrons. The highest BCUT2D eigenvalue weighted by molar-refractivity contribution is 7.88. The molecule has 1 N–H and O–H groups in total. The molecule has 0 aromatic carbocycles. The number of rotatable bonds is 3. The summed E-state index contributed by atoms with van der Waals surface area (Å²) in [6.07, 6.45) is 4.09. The molecule has 0 aliphatic rings. The van der Waals surface area contributed by atoms with Crippen molar-refractivity contribution in [3.8, 4) is 0 Å². The van der Waals surface area contributed by atoms with Crippen LogP contribution in [-0.2, 0) is 15.6 Å². The van der Waals surface area contributed by atoms with Gasteiger partial charge >= 0.3 is 0 Å². The molecule has 6 heteroatoms. The molecule has 0 saturated heterocycles. The van der Waals surface area contributed by atoms with Crippen molar-refractivity contribution in [3.63, 3.8) is 0 Å². The van der Waals surface area contributed by atoms with Gasteiger partial charge in [-0.2, -0.15) is 0 Å². The summed E-state index contributed by atoms with van der Waals surface area (Å²) in [5.74, 6) is 0. The molecule has 1 aromatic rings. The fourth-order valence-corrected chi connectivity index (χ4v) is 2.21. The van der Waals surface area contributed by atoms with Crippen LogP contribution in [0.15, 0.2) is 18.6 Å². The zero-order valence-corrected chi connectivity index (χ0v) is 9.17. The zero-order chi connectivity index (χ0) is 10.8. The van der Waals surface area contributed by atoms with Crippen molar-refractivity contribution >= 4 is 10.0 Å². The molecule has 14 heavy (non-hydrogen) atoms. The monoisotopic (exact) mass is 215 g/mol. The van der Waals surface area contributed by atoms with E-state index < -0.39 is 15.6 Å². The molecular weight excluding hydrogens is 202 g/mol. The molecule has 0 radical (unpaired) electrons. The van der Waals surface area contributed by atoms with Crippen LogP contribution in [0.25, 0.3) is 0 Å². The van der Waals surface area contributed by atoms with Gasteiger partial charge < -0.3 is 0 Å². The lowest BCUT2D eigenvalue weighted by atomic mass is 10.0. The normalized spacial score (nSPS) is 12.8. The molecule has 0 amide bonds. The van der Waals surface area contributed by atoms with Crippen molar-refractivity contribution in [2.45, 2.75) is 19.4 Å². The quantitative estimate of drug-likeness (QED) is 0.785. The van der Waals surface area contributed by atoms with Gasteiger partial charge in [0.25, 0.3) is 0 Å². The van der Waals surface area contributed by atoms with E-state index in [2.05, 4.69) is 14.7 Å². The van der Waals surface area contributed by atoms with Crippen LogP contribution < -0.4 is 4.72 Å². The van der Waals surface area contributed by atoms with Gasteiger partial charge in [0, 0.05) is 6.20 Å². The molecule has 0 aliphatic carbocycles. The van der Waals surface area contributed by atoms with Gasteiger partial charge in [-0.15, -0.1) is 0 Å². The van der Waals surface area contributed by atoms with E-state index in [-0.39, 0.29) is 0 Å². The smallest absolute Gasteiger partial charge is 0.209 e. The first-order valence-corrected chi connectivity index (χ1v) is 5.96. The van der Waals surface area contributed by atoms with Crippen LogP contribution in [0.2, 0.25) is 0 Å². The van der Waals surface area contributed by atoms with E-state index in [0.717, 1.165) is 6.26 Å². The summed E-state index contributed by atoms with van der Waals surface area (Å²) in [4.78, 5) is 7.76. The predicted molar refractivity (Wildman–Crippen MR) is 53.0 cm³/mol. The Hall–Kier alpha value is -1.01. The Morgan fingerprint density at radius 1 is 1.43 bits per heavy atom. The number of hydrogen-bond donors (Lipinski definition) is 1. The van der Waals surface area contributed by atoms with E-state index in [1.54, 1.807) is 26.1 Å². The highest BCUT2D eigenvalue weighted by Gasteiger charge is 2.25. The predicted octanol–water partition coefficient (Wildman–Crippen LogP) is 0.261. The summed E-state index contributed by atoms with van der Waals surface area (Å²) in [6, 6.07) is 1.68. The minimum atomic E-state index is -3.24. The largest absolute Gasteiger partial charge is 0.245 e. The first kappa shape index (κ1) is 11.1. The molecule has 0 saturated carbocycles. The number of sulfonamides is 1. The Bertz CT molecular complexity index is 400. The van der Waals surface area contributed by atoms with Gasteiger partial charge in [0.2, 0.25) is 10.0 Å². The lowest BCUT2D eigenvalue weighted by Gasteiger charge is -2.23. The van der Waals surface area contributed by atoms with Gasteiger partial charge in [0.15, 0.2) is 0 Å². The lowest BCUT2D eigenvalue weighted by molar-refractivity contribution is 0.461. The Balaban J connectivity index is 2.97. The Morgan fingerprint density at radius 2 is 2.07 bits per heavy atom. The average molecular weight is 215 g/mol. The van der Waals surface area contributed by atoms with Crippen molar-refractivity contribution in [1.29, 1.82) is 0 Å². The van der Waals surface area contributed by atoms with Gasteiger partial charge in [-0.3, -0.25) is 0 Å². The van der Waals surface area contributed by atoms with E-state index in [1.807, 2.05) is 0 Å². The second kappa shape index (κ2) is 3.62. The maximum Gasteiger partial charge on any atom is 0.209 e. The van der Waals surface area contributed by atoms with Crippen LogP contribution in [0.3, 0.4) is 0 Å². The van der Waals surface area contributed by atoms with E-state index in [1.165, 1.54) is 6.33 Å². The van der Waals surface area contributed by atoms with Crippen LogP contribution >= 0.6 is 0 Å². The molecule has 0 spiro atoms. The Kier molecular flexibility index (Phi) is 2.86. The van der Waals surface area contributed by atoms with Gasteiger partial charge in [0.1, 0.15) is 6.33 Å². The second-order valence-electron chi connectivity index (χ2n) is 3.59. The second-order valence-corrected chi connectivity index (χ2v) is 5.34. The molecule has 1 heterocycles. The SMILES string of the molecule is CC(C)(NS(C)(=O)=O)c1ccncn1. The number of hydrogen-bond acceptors (Lipinski definition) is 4. The molecular formula is C8H13N3O2S. The third-order valence-corrected chi connectivity index (χ3v) is 2.54. The highest BCUT2D eigenvalue weighted by Crippen LogP contribution is 2.17. The van der Waals surface area contributed by atoms with E-state index in [4.69, 9.17) is 0 Å². The van der Waals surface area contributed by atoms with Crippen LogP contribution in [0.4, 0.5) is 0 Å². The molecule has 0 fully saturated rings.